The molecule has 2 unspecified atom stereocenters. The molecule has 0 aliphatic heterocycles. The van der Waals surface area contributed by atoms with Crippen LogP contribution in [0, 0.1) is 0 Å². The van der Waals surface area contributed by atoms with Gasteiger partial charge in [-0.05, 0) is 19.9 Å². The second-order valence-electron chi connectivity index (χ2n) is 2.78. The van der Waals surface area contributed by atoms with Gasteiger partial charge in [-0.2, -0.15) is 0 Å². The van der Waals surface area contributed by atoms with Crippen molar-refractivity contribution in [3.63, 3.8) is 0 Å². The number of ether oxygens (including phenoxy) is 1. The molecule has 0 rings (SSSR count). The second-order valence-corrected chi connectivity index (χ2v) is 2.78. The minimum Gasteiger partial charge on any atom is -0.369 e. The molecule has 2 atom stereocenters. The van der Waals surface area contributed by atoms with Crippen LogP contribution in [0.2, 0.25) is 0 Å². The summed E-state index contributed by atoms with van der Waals surface area (Å²) in [5.41, 5.74) is 5.59. The van der Waals surface area contributed by atoms with Gasteiger partial charge in [0.05, 0.1) is 24.6 Å². The zero-order valence-corrected chi connectivity index (χ0v) is 7.53. The van der Waals surface area contributed by atoms with E-state index < -0.39 is 6.10 Å². The Morgan fingerprint density at radius 3 is 2.42 bits per heavy atom. The predicted octanol–water partition coefficient (Wildman–Crippen LogP) is 1.78. The molecule has 0 aromatic rings. The van der Waals surface area contributed by atoms with Crippen molar-refractivity contribution < 1.29 is 9.13 Å². The Balaban J connectivity index is 4.11. The van der Waals surface area contributed by atoms with Gasteiger partial charge in [-0.1, -0.05) is 6.08 Å². The van der Waals surface area contributed by atoms with E-state index in [-0.39, 0.29) is 12.1 Å². The Kier molecular flexibility index (Phi) is 5.58. The van der Waals surface area contributed by atoms with Crippen molar-refractivity contribution in [2.24, 2.45) is 5.73 Å². The summed E-state index contributed by atoms with van der Waals surface area (Å²) in [6.07, 6.45) is 2.86. The van der Waals surface area contributed by atoms with Crippen LogP contribution in [0.25, 0.3) is 0 Å². The first kappa shape index (κ1) is 11.3. The molecule has 0 aromatic carbocycles. The van der Waals surface area contributed by atoms with Gasteiger partial charge < -0.3 is 10.5 Å². The van der Waals surface area contributed by atoms with Gasteiger partial charge >= 0.3 is 0 Å². The highest BCUT2D eigenvalue weighted by Crippen LogP contribution is 2.04. The topological polar surface area (TPSA) is 35.2 Å². The van der Waals surface area contributed by atoms with Crippen LogP contribution in [-0.4, -0.2) is 18.2 Å². The highest BCUT2D eigenvalue weighted by atomic mass is 19.1. The molecule has 0 saturated carbocycles. The van der Waals surface area contributed by atoms with E-state index in [9.17, 15) is 4.39 Å². The van der Waals surface area contributed by atoms with Gasteiger partial charge in [0, 0.05) is 0 Å². The van der Waals surface area contributed by atoms with Gasteiger partial charge in [0.25, 0.3) is 0 Å². The molecule has 0 heterocycles. The van der Waals surface area contributed by atoms with Crippen LogP contribution < -0.4 is 5.73 Å². The summed E-state index contributed by atoms with van der Waals surface area (Å²) in [5.74, 6) is 0. The Morgan fingerprint density at radius 2 is 2.08 bits per heavy atom. The smallest absolute Gasteiger partial charge is 0.0970 e. The first-order chi connectivity index (χ1) is 5.61. The van der Waals surface area contributed by atoms with Crippen LogP contribution in [0.3, 0.4) is 0 Å². The normalized spacial score (nSPS) is 16.8. The summed E-state index contributed by atoms with van der Waals surface area (Å²) in [4.78, 5) is 0. The van der Waals surface area contributed by atoms with Crippen molar-refractivity contribution in [1.82, 2.24) is 0 Å². The lowest BCUT2D eigenvalue weighted by Gasteiger charge is -2.20. The third-order valence-electron chi connectivity index (χ3n) is 1.34. The summed E-state index contributed by atoms with van der Waals surface area (Å²) in [6.45, 7) is 7.25. The van der Waals surface area contributed by atoms with Crippen molar-refractivity contribution in [3.8, 4) is 0 Å². The van der Waals surface area contributed by atoms with E-state index in [1.807, 2.05) is 13.8 Å². The van der Waals surface area contributed by atoms with E-state index in [0.717, 1.165) is 0 Å². The molecule has 0 aromatic heterocycles. The minimum atomic E-state index is -0.424. The molecule has 0 radical (unpaired) electrons. The van der Waals surface area contributed by atoms with Crippen molar-refractivity contribution in [1.29, 1.82) is 0 Å². The fourth-order valence-corrected chi connectivity index (χ4v) is 0.784. The third-order valence-corrected chi connectivity index (χ3v) is 1.34. The number of halogens is 1. The summed E-state index contributed by atoms with van der Waals surface area (Å²) in [5, 5.41) is 0. The zero-order valence-electron chi connectivity index (χ0n) is 7.53. The second kappa shape index (κ2) is 5.91. The molecule has 12 heavy (non-hydrogen) atoms. The van der Waals surface area contributed by atoms with Crippen molar-refractivity contribution in [2.75, 3.05) is 0 Å². The summed E-state index contributed by atoms with van der Waals surface area (Å²) in [6, 6.07) is -0.362. The number of nitrogens with two attached hydrogens (primary N) is 1. The van der Waals surface area contributed by atoms with Crippen molar-refractivity contribution >= 4 is 0 Å². The molecule has 70 valence electrons. The highest BCUT2D eigenvalue weighted by Gasteiger charge is 2.13. The molecule has 0 saturated heterocycles. The van der Waals surface area contributed by atoms with E-state index >= 15 is 0 Å². The fourth-order valence-electron chi connectivity index (χ4n) is 0.784. The number of rotatable bonds is 5. The monoisotopic (exact) mass is 173 g/mol. The Labute approximate surface area is 72.9 Å². The van der Waals surface area contributed by atoms with Crippen LogP contribution in [0.15, 0.2) is 25.1 Å². The van der Waals surface area contributed by atoms with Crippen LogP contribution in [0.5, 0.6) is 0 Å². The molecule has 2 nitrogen and oxygen atoms in total. The Bertz CT molecular complexity index is 157. The Morgan fingerprint density at radius 1 is 1.50 bits per heavy atom. The molecular weight excluding hydrogens is 157 g/mol. The Hall–Kier alpha value is -0.670. The molecule has 3 heteroatoms. The molecule has 0 bridgehead atoms. The average molecular weight is 173 g/mol. The molecule has 0 fully saturated rings. The van der Waals surface area contributed by atoms with Crippen molar-refractivity contribution in [3.05, 3.63) is 25.1 Å². The molecular formula is C9H16FNO. The minimum absolute atomic E-state index is 0.0252. The lowest BCUT2D eigenvalue weighted by molar-refractivity contribution is 0.0287. The quantitative estimate of drug-likeness (QED) is 0.643. The van der Waals surface area contributed by atoms with E-state index in [1.165, 1.54) is 12.2 Å². The van der Waals surface area contributed by atoms with Crippen LogP contribution in [0.4, 0.5) is 4.39 Å². The van der Waals surface area contributed by atoms with E-state index in [4.69, 9.17) is 10.5 Å². The average Bonchev–Trinajstić information content (AvgIpc) is 2.01. The number of hydrogen-bond donors (Lipinski definition) is 1. The lowest BCUT2D eigenvalue weighted by atomic mass is 10.1. The van der Waals surface area contributed by atoms with Gasteiger partial charge in [0.1, 0.15) is 0 Å². The van der Waals surface area contributed by atoms with Crippen LogP contribution >= 0.6 is 0 Å². The largest absolute Gasteiger partial charge is 0.369 e. The molecule has 0 aliphatic carbocycles. The lowest BCUT2D eigenvalue weighted by Crippen LogP contribution is -2.35. The van der Waals surface area contributed by atoms with E-state index in [2.05, 4.69) is 6.58 Å². The maximum absolute atomic E-state index is 11.8. The van der Waals surface area contributed by atoms with Gasteiger partial charge in [-0.25, -0.2) is 4.39 Å². The zero-order chi connectivity index (χ0) is 9.56. The summed E-state index contributed by atoms with van der Waals surface area (Å²) in [7, 11) is 0. The first-order valence-corrected chi connectivity index (χ1v) is 3.92. The van der Waals surface area contributed by atoms with Gasteiger partial charge in [0.15, 0.2) is 0 Å². The fraction of sp³-hybridized carbons (Fsp3) is 0.556. The highest BCUT2D eigenvalue weighted by molar-refractivity contribution is 4.99. The molecule has 0 amide bonds. The van der Waals surface area contributed by atoms with Crippen molar-refractivity contribution in [2.45, 2.75) is 32.1 Å². The standard InChI is InChI=1S/C9H16FNO/c1-4-8(11)9(5-6-10)12-7(2)3/h4-9H,1,11H2,2-3H3/b6-5+. The van der Waals surface area contributed by atoms with E-state index in [0.29, 0.717) is 6.33 Å². The third kappa shape index (κ3) is 4.26. The summed E-state index contributed by atoms with van der Waals surface area (Å²) < 4.78 is 17.2. The van der Waals surface area contributed by atoms with Gasteiger partial charge in [-0.3, -0.25) is 0 Å². The maximum atomic E-state index is 11.8. The van der Waals surface area contributed by atoms with Crippen LogP contribution in [-0.2, 0) is 4.74 Å². The number of hydrogen-bond acceptors (Lipinski definition) is 2. The SMILES string of the molecule is C=CC(N)C(/C=C/F)OC(C)C. The molecule has 0 spiro atoms. The molecule has 0 aliphatic rings. The van der Waals surface area contributed by atoms with Gasteiger partial charge in [0.2, 0.25) is 0 Å². The van der Waals surface area contributed by atoms with Gasteiger partial charge in [-0.15, -0.1) is 6.58 Å². The maximum Gasteiger partial charge on any atom is 0.0970 e. The van der Waals surface area contributed by atoms with Crippen LogP contribution in [0.1, 0.15) is 13.8 Å². The first-order valence-electron chi connectivity index (χ1n) is 3.92. The molecule has 2 N–H and O–H groups in total. The van der Waals surface area contributed by atoms with E-state index in [1.54, 1.807) is 0 Å². The predicted molar refractivity (Wildman–Crippen MR) is 48.4 cm³/mol. The summed E-state index contributed by atoms with van der Waals surface area (Å²) >= 11 is 0.